The van der Waals surface area contributed by atoms with Crippen LogP contribution in [0.4, 0.5) is 10.5 Å². The second-order valence-corrected chi connectivity index (χ2v) is 10.3. The molecule has 0 bridgehead atoms. The Morgan fingerprint density at radius 3 is 2.22 bits per heavy atom. The molecule has 2 aliphatic heterocycles. The van der Waals surface area contributed by atoms with E-state index in [0.717, 1.165) is 36.7 Å². The van der Waals surface area contributed by atoms with Gasteiger partial charge in [-0.2, -0.15) is 0 Å². The van der Waals surface area contributed by atoms with Crippen molar-refractivity contribution in [3.8, 4) is 0 Å². The van der Waals surface area contributed by atoms with Crippen LogP contribution < -0.4 is 10.6 Å². The monoisotopic (exact) mass is 474 g/mol. The van der Waals surface area contributed by atoms with Crippen molar-refractivity contribution in [2.24, 2.45) is 11.8 Å². The van der Waals surface area contributed by atoms with Crippen LogP contribution in [0.3, 0.4) is 0 Å². The molecule has 2 saturated heterocycles. The highest BCUT2D eigenvalue weighted by atomic mass is 35.5. The van der Waals surface area contributed by atoms with E-state index >= 15 is 0 Å². The summed E-state index contributed by atoms with van der Waals surface area (Å²) in [6.07, 6.45) is 4.63. The van der Waals surface area contributed by atoms with Crippen molar-refractivity contribution in [1.82, 2.24) is 15.1 Å². The first-order valence-corrected chi connectivity index (χ1v) is 12.6. The summed E-state index contributed by atoms with van der Waals surface area (Å²) < 4.78 is 0. The van der Waals surface area contributed by atoms with Gasteiger partial charge in [0.1, 0.15) is 6.04 Å². The van der Waals surface area contributed by atoms with Gasteiger partial charge in [0.25, 0.3) is 5.91 Å². The number of hydrogen-bond donors (Lipinski definition) is 2. The second kappa shape index (κ2) is 10.7. The van der Waals surface area contributed by atoms with E-state index < -0.39 is 12.1 Å². The summed E-state index contributed by atoms with van der Waals surface area (Å²) in [6.45, 7) is 3.88. The molecular formula is C24H31ClN4O2S. The van der Waals surface area contributed by atoms with Crippen LogP contribution in [-0.2, 0) is 4.79 Å². The highest BCUT2D eigenvalue weighted by Crippen LogP contribution is 2.33. The van der Waals surface area contributed by atoms with Gasteiger partial charge in [-0.3, -0.25) is 4.79 Å². The van der Waals surface area contributed by atoms with Gasteiger partial charge < -0.3 is 20.4 Å². The Labute approximate surface area is 198 Å². The molecule has 0 radical (unpaired) electrons. The molecule has 0 saturated carbocycles. The predicted molar refractivity (Wildman–Crippen MR) is 130 cm³/mol. The van der Waals surface area contributed by atoms with E-state index in [0.29, 0.717) is 16.6 Å². The number of carbonyl (C=O) groups is 2. The van der Waals surface area contributed by atoms with Gasteiger partial charge in [0, 0.05) is 28.7 Å². The van der Waals surface area contributed by atoms with E-state index in [-0.39, 0.29) is 5.91 Å². The maximum absolute atomic E-state index is 13.4. The first kappa shape index (κ1) is 23.1. The van der Waals surface area contributed by atoms with Crippen molar-refractivity contribution in [1.29, 1.82) is 0 Å². The Morgan fingerprint density at radius 1 is 1.00 bits per heavy atom. The first-order chi connectivity index (χ1) is 15.5. The van der Waals surface area contributed by atoms with Gasteiger partial charge in [-0.1, -0.05) is 17.7 Å². The topological polar surface area (TPSA) is 64.7 Å². The van der Waals surface area contributed by atoms with Gasteiger partial charge in [-0.05, 0) is 93.4 Å². The fourth-order valence-corrected chi connectivity index (χ4v) is 5.71. The Morgan fingerprint density at radius 2 is 1.62 bits per heavy atom. The summed E-state index contributed by atoms with van der Waals surface area (Å²) in [5.74, 6) is 1.45. The number of piperidine rings is 2. The maximum Gasteiger partial charge on any atom is 0.320 e. The first-order valence-electron chi connectivity index (χ1n) is 11.3. The molecule has 3 heterocycles. The van der Waals surface area contributed by atoms with E-state index in [4.69, 9.17) is 11.6 Å². The number of anilines is 1. The summed E-state index contributed by atoms with van der Waals surface area (Å²) in [5.41, 5.74) is 0.628. The van der Waals surface area contributed by atoms with Crippen molar-refractivity contribution in [2.75, 3.05) is 38.5 Å². The van der Waals surface area contributed by atoms with Crippen LogP contribution in [0, 0.1) is 11.8 Å². The zero-order valence-electron chi connectivity index (χ0n) is 18.4. The molecule has 0 unspecified atom stereocenters. The van der Waals surface area contributed by atoms with Gasteiger partial charge >= 0.3 is 6.03 Å². The quantitative estimate of drug-likeness (QED) is 0.651. The second-order valence-electron chi connectivity index (χ2n) is 8.86. The lowest BCUT2D eigenvalue weighted by Gasteiger charge is -2.40. The number of carbonyl (C=O) groups excluding carboxylic acids is 2. The lowest BCUT2D eigenvalue weighted by Crippen LogP contribution is -2.47. The third-order valence-electron chi connectivity index (χ3n) is 6.73. The van der Waals surface area contributed by atoms with E-state index in [1.807, 2.05) is 22.4 Å². The van der Waals surface area contributed by atoms with Gasteiger partial charge in [-0.25, -0.2) is 4.79 Å². The van der Waals surface area contributed by atoms with E-state index in [1.165, 1.54) is 37.3 Å². The number of thiophene rings is 1. The van der Waals surface area contributed by atoms with Gasteiger partial charge in [-0.15, -0.1) is 11.3 Å². The minimum Gasteiger partial charge on any atom is -0.341 e. The molecule has 8 heteroatoms. The van der Waals surface area contributed by atoms with Crippen LogP contribution in [0.5, 0.6) is 0 Å². The molecule has 2 N–H and O–H groups in total. The Kier molecular flexibility index (Phi) is 7.71. The summed E-state index contributed by atoms with van der Waals surface area (Å²) in [6, 6.07) is 9.63. The van der Waals surface area contributed by atoms with Crippen LogP contribution in [0.2, 0.25) is 5.02 Å². The third-order valence-corrected chi connectivity index (χ3v) is 7.92. The van der Waals surface area contributed by atoms with Gasteiger partial charge in [0.15, 0.2) is 0 Å². The number of likely N-dealkylation sites (tertiary alicyclic amines) is 2. The molecule has 6 nitrogen and oxygen atoms in total. The Balaban J connectivity index is 1.36. The van der Waals surface area contributed by atoms with Crippen molar-refractivity contribution < 1.29 is 9.59 Å². The molecule has 1 atom stereocenters. The Bertz CT molecular complexity index is 889. The van der Waals surface area contributed by atoms with Crippen molar-refractivity contribution in [3.63, 3.8) is 0 Å². The van der Waals surface area contributed by atoms with Crippen LogP contribution in [0.1, 0.15) is 36.6 Å². The fourth-order valence-electron chi connectivity index (χ4n) is 4.82. The number of halogens is 1. The van der Waals surface area contributed by atoms with Crippen LogP contribution >= 0.6 is 22.9 Å². The zero-order chi connectivity index (χ0) is 22.5. The number of hydrogen-bond acceptors (Lipinski definition) is 4. The maximum atomic E-state index is 13.4. The number of nitrogens with zero attached hydrogens (tertiary/aromatic N) is 2. The van der Waals surface area contributed by atoms with Gasteiger partial charge in [0.05, 0.1) is 0 Å². The minimum absolute atomic E-state index is 0.0273. The number of nitrogens with one attached hydrogen (secondary N) is 2. The average Bonchev–Trinajstić information content (AvgIpc) is 3.34. The van der Waals surface area contributed by atoms with Crippen molar-refractivity contribution >= 4 is 40.6 Å². The molecule has 3 amide bonds. The standard InChI is InChI=1S/C24H31ClN4O2S/c1-28-12-8-17(9-13-28)18-10-14-29(15-11-18)23(30)22(21-3-2-16-32-21)27-24(31)26-20-6-4-19(25)5-7-20/h2-7,16-18,22H,8-15H2,1H3,(H2,26,27,31)/t22-/m0/s1. The minimum atomic E-state index is -0.679. The molecule has 32 heavy (non-hydrogen) atoms. The Hall–Kier alpha value is -2.09. The number of rotatable bonds is 5. The fraction of sp³-hybridized carbons (Fsp3) is 0.500. The third kappa shape index (κ3) is 5.82. The summed E-state index contributed by atoms with van der Waals surface area (Å²) in [7, 11) is 2.19. The highest BCUT2D eigenvalue weighted by molar-refractivity contribution is 7.10. The lowest BCUT2D eigenvalue weighted by atomic mass is 9.79. The number of urea groups is 1. The molecular weight excluding hydrogens is 444 g/mol. The average molecular weight is 475 g/mol. The molecule has 0 spiro atoms. The highest BCUT2D eigenvalue weighted by Gasteiger charge is 2.34. The SMILES string of the molecule is CN1CCC(C2CCN(C(=O)[C@@H](NC(=O)Nc3ccc(Cl)cc3)c3cccs3)CC2)CC1. The van der Waals surface area contributed by atoms with Crippen LogP contribution in [-0.4, -0.2) is 55.0 Å². The molecule has 2 aromatic rings. The lowest BCUT2D eigenvalue weighted by molar-refractivity contribution is -0.135. The van der Waals surface area contributed by atoms with Crippen molar-refractivity contribution in [3.05, 3.63) is 51.7 Å². The molecule has 1 aromatic heterocycles. The van der Waals surface area contributed by atoms with E-state index in [9.17, 15) is 9.59 Å². The predicted octanol–water partition coefficient (Wildman–Crippen LogP) is 4.84. The van der Waals surface area contributed by atoms with E-state index in [1.54, 1.807) is 24.3 Å². The molecule has 0 aliphatic carbocycles. The molecule has 172 valence electrons. The number of benzene rings is 1. The number of amides is 3. The van der Waals surface area contributed by atoms with E-state index in [2.05, 4.69) is 22.6 Å². The molecule has 4 rings (SSSR count). The van der Waals surface area contributed by atoms with Gasteiger partial charge in [0.2, 0.25) is 0 Å². The normalized spacial score (nSPS) is 19.5. The molecule has 2 aliphatic rings. The summed E-state index contributed by atoms with van der Waals surface area (Å²) in [5, 5.41) is 8.22. The summed E-state index contributed by atoms with van der Waals surface area (Å²) in [4.78, 5) is 31.3. The summed E-state index contributed by atoms with van der Waals surface area (Å²) >= 11 is 7.40. The van der Waals surface area contributed by atoms with Crippen LogP contribution in [0.25, 0.3) is 0 Å². The van der Waals surface area contributed by atoms with Crippen molar-refractivity contribution in [2.45, 2.75) is 31.7 Å². The molecule has 1 aromatic carbocycles. The zero-order valence-corrected chi connectivity index (χ0v) is 20.0. The smallest absolute Gasteiger partial charge is 0.320 e. The largest absolute Gasteiger partial charge is 0.341 e. The van der Waals surface area contributed by atoms with Crippen LogP contribution in [0.15, 0.2) is 41.8 Å². The molecule has 2 fully saturated rings.